The number of aliphatic hydroxyl groups is 1. The molecule has 0 aromatic carbocycles. The van der Waals surface area contributed by atoms with Gasteiger partial charge in [0.2, 0.25) is 0 Å². The van der Waals surface area contributed by atoms with E-state index in [4.69, 9.17) is 5.11 Å². The average molecular weight is 128 g/mol. The van der Waals surface area contributed by atoms with Crippen LogP contribution in [0.15, 0.2) is 24.1 Å². The van der Waals surface area contributed by atoms with Gasteiger partial charge in [0.25, 0.3) is 0 Å². The molecule has 0 aromatic heterocycles. The van der Waals surface area contributed by atoms with E-state index in [0.29, 0.717) is 0 Å². The summed E-state index contributed by atoms with van der Waals surface area (Å²) in [6, 6.07) is 0. The minimum Gasteiger partial charge on any atom is -0.381 e. The van der Waals surface area contributed by atoms with Crippen LogP contribution in [0.4, 0.5) is 4.39 Å². The number of rotatable bonds is 0. The van der Waals surface area contributed by atoms with E-state index < -0.39 is 17.7 Å². The average Bonchev–Trinajstić information content (AvgIpc) is 1.80. The Bertz CT molecular complexity index is 193. The van der Waals surface area contributed by atoms with Crippen molar-refractivity contribution in [2.45, 2.75) is 6.10 Å². The molecule has 1 N–H and O–H groups in total. The lowest BCUT2D eigenvalue weighted by Gasteiger charge is -2.03. The molecular formula is C6H5FO2. The number of halogens is 1. The van der Waals surface area contributed by atoms with E-state index in [1.165, 1.54) is 0 Å². The first kappa shape index (κ1) is 6.16. The number of hydrogen-bond acceptors (Lipinski definition) is 2. The van der Waals surface area contributed by atoms with Gasteiger partial charge in [-0.3, -0.25) is 4.79 Å². The second-order valence-corrected chi connectivity index (χ2v) is 1.74. The molecule has 0 saturated heterocycles. The minimum absolute atomic E-state index is 0.602. The van der Waals surface area contributed by atoms with Gasteiger partial charge >= 0.3 is 0 Å². The third-order valence-electron chi connectivity index (χ3n) is 1.01. The molecule has 1 aliphatic rings. The molecule has 0 aliphatic heterocycles. The zero-order valence-corrected chi connectivity index (χ0v) is 4.54. The molecule has 0 aromatic rings. The quantitative estimate of drug-likeness (QED) is 0.510. The maximum Gasteiger partial charge on any atom is 0.190 e. The Morgan fingerprint density at radius 1 is 1.67 bits per heavy atom. The molecule has 48 valence electrons. The van der Waals surface area contributed by atoms with Crippen molar-refractivity contribution >= 4 is 5.78 Å². The van der Waals surface area contributed by atoms with Crippen LogP contribution in [0.1, 0.15) is 0 Å². The Hall–Kier alpha value is -0.960. The smallest absolute Gasteiger partial charge is 0.190 e. The van der Waals surface area contributed by atoms with E-state index in [0.717, 1.165) is 18.2 Å². The van der Waals surface area contributed by atoms with Crippen LogP contribution < -0.4 is 0 Å². The molecule has 0 saturated carbocycles. The van der Waals surface area contributed by atoms with Crippen molar-refractivity contribution in [2.75, 3.05) is 0 Å². The first-order valence-electron chi connectivity index (χ1n) is 2.47. The molecule has 1 aliphatic carbocycles. The SMILES string of the molecule is O=C1C=C(F)C=CC1O. The molecule has 0 heterocycles. The topological polar surface area (TPSA) is 37.3 Å². The standard InChI is InChI=1S/C6H5FO2/c7-4-1-2-5(8)6(9)3-4/h1-3,5,8H. The number of carbonyl (C=O) groups excluding carboxylic acids is 1. The summed E-state index contributed by atoms with van der Waals surface area (Å²) in [5.41, 5.74) is 0. The molecule has 0 radical (unpaired) electrons. The van der Waals surface area contributed by atoms with Crippen LogP contribution in [0.25, 0.3) is 0 Å². The predicted octanol–water partition coefficient (Wildman–Crippen LogP) is 0.340. The zero-order valence-electron chi connectivity index (χ0n) is 4.54. The van der Waals surface area contributed by atoms with Gasteiger partial charge in [0.1, 0.15) is 11.9 Å². The van der Waals surface area contributed by atoms with Gasteiger partial charge in [0.05, 0.1) is 0 Å². The molecule has 0 amide bonds. The molecule has 1 atom stereocenters. The van der Waals surface area contributed by atoms with Crippen LogP contribution in [-0.2, 0) is 4.79 Å². The summed E-state index contributed by atoms with van der Waals surface area (Å²) in [7, 11) is 0. The number of aliphatic hydroxyl groups excluding tert-OH is 1. The van der Waals surface area contributed by atoms with Gasteiger partial charge in [-0.15, -0.1) is 0 Å². The lowest BCUT2D eigenvalue weighted by Crippen LogP contribution is -2.17. The molecule has 9 heavy (non-hydrogen) atoms. The van der Waals surface area contributed by atoms with Gasteiger partial charge in [0, 0.05) is 6.08 Å². The summed E-state index contributed by atoms with van der Waals surface area (Å²) in [5.74, 6) is -1.21. The van der Waals surface area contributed by atoms with Crippen LogP contribution >= 0.6 is 0 Å². The molecule has 1 unspecified atom stereocenters. The summed E-state index contributed by atoms with van der Waals surface area (Å²) in [6.07, 6.45) is 1.79. The number of hydrogen-bond donors (Lipinski definition) is 1. The van der Waals surface area contributed by atoms with Crippen molar-refractivity contribution in [3.63, 3.8) is 0 Å². The van der Waals surface area contributed by atoms with Gasteiger partial charge < -0.3 is 5.11 Å². The van der Waals surface area contributed by atoms with Gasteiger partial charge in [-0.2, -0.15) is 0 Å². The number of ketones is 1. The first-order chi connectivity index (χ1) is 4.20. The highest BCUT2D eigenvalue weighted by molar-refractivity contribution is 5.96. The van der Waals surface area contributed by atoms with Crippen molar-refractivity contribution < 1.29 is 14.3 Å². The summed E-state index contributed by atoms with van der Waals surface area (Å²) >= 11 is 0. The van der Waals surface area contributed by atoms with Gasteiger partial charge in [0.15, 0.2) is 5.78 Å². The van der Waals surface area contributed by atoms with Crippen molar-refractivity contribution in [1.82, 2.24) is 0 Å². The highest BCUT2D eigenvalue weighted by Crippen LogP contribution is 2.07. The molecular weight excluding hydrogens is 123 g/mol. The van der Waals surface area contributed by atoms with Crippen molar-refractivity contribution in [1.29, 1.82) is 0 Å². The monoisotopic (exact) mass is 128 g/mol. The molecule has 2 nitrogen and oxygen atoms in total. The van der Waals surface area contributed by atoms with Crippen molar-refractivity contribution in [3.8, 4) is 0 Å². The van der Waals surface area contributed by atoms with E-state index in [2.05, 4.69) is 0 Å². The Morgan fingerprint density at radius 2 is 2.33 bits per heavy atom. The van der Waals surface area contributed by atoms with Crippen LogP contribution in [0, 0.1) is 0 Å². The van der Waals surface area contributed by atoms with E-state index in [-0.39, 0.29) is 0 Å². The lowest BCUT2D eigenvalue weighted by atomic mass is 10.1. The van der Waals surface area contributed by atoms with Gasteiger partial charge in [-0.1, -0.05) is 0 Å². The van der Waals surface area contributed by atoms with Crippen LogP contribution in [0.3, 0.4) is 0 Å². The van der Waals surface area contributed by atoms with Gasteiger partial charge in [-0.05, 0) is 12.2 Å². The molecule has 0 spiro atoms. The molecule has 0 fully saturated rings. The largest absolute Gasteiger partial charge is 0.381 e. The summed E-state index contributed by atoms with van der Waals surface area (Å²) < 4.78 is 12.0. The molecule has 0 bridgehead atoms. The molecule has 3 heteroatoms. The van der Waals surface area contributed by atoms with E-state index >= 15 is 0 Å². The maximum absolute atomic E-state index is 12.0. The highest BCUT2D eigenvalue weighted by atomic mass is 19.1. The Balaban J connectivity index is 2.82. The fourth-order valence-electron chi connectivity index (χ4n) is 0.547. The third-order valence-corrected chi connectivity index (χ3v) is 1.01. The normalized spacial score (nSPS) is 26.2. The fraction of sp³-hybridized carbons (Fsp3) is 0.167. The molecule has 1 rings (SSSR count). The number of carbonyl (C=O) groups is 1. The van der Waals surface area contributed by atoms with Gasteiger partial charge in [-0.25, -0.2) is 4.39 Å². The fourth-order valence-corrected chi connectivity index (χ4v) is 0.547. The summed E-state index contributed by atoms with van der Waals surface area (Å²) in [5, 5.41) is 8.65. The Kier molecular flexibility index (Phi) is 1.44. The Morgan fingerprint density at radius 3 is 2.78 bits per heavy atom. The first-order valence-corrected chi connectivity index (χ1v) is 2.47. The minimum atomic E-state index is -1.15. The second kappa shape index (κ2) is 2.11. The number of allylic oxidation sites excluding steroid dienone is 2. The zero-order chi connectivity index (χ0) is 6.85. The van der Waals surface area contributed by atoms with E-state index in [9.17, 15) is 9.18 Å². The second-order valence-electron chi connectivity index (χ2n) is 1.74. The highest BCUT2D eigenvalue weighted by Gasteiger charge is 2.13. The predicted molar refractivity (Wildman–Crippen MR) is 29.3 cm³/mol. The van der Waals surface area contributed by atoms with E-state index in [1.807, 2.05) is 0 Å². The van der Waals surface area contributed by atoms with Crippen LogP contribution in [0.2, 0.25) is 0 Å². The Labute approximate surface area is 51.3 Å². The maximum atomic E-state index is 12.0. The van der Waals surface area contributed by atoms with Crippen molar-refractivity contribution in [2.24, 2.45) is 0 Å². The van der Waals surface area contributed by atoms with E-state index in [1.54, 1.807) is 0 Å². The lowest BCUT2D eigenvalue weighted by molar-refractivity contribution is -0.120. The van der Waals surface area contributed by atoms with Crippen LogP contribution in [-0.4, -0.2) is 17.0 Å². The third kappa shape index (κ3) is 1.23. The summed E-state index contributed by atoms with van der Waals surface area (Å²) in [6.45, 7) is 0. The van der Waals surface area contributed by atoms with Crippen LogP contribution in [0.5, 0.6) is 0 Å². The van der Waals surface area contributed by atoms with Crippen molar-refractivity contribution in [3.05, 3.63) is 24.1 Å². The summed E-state index contributed by atoms with van der Waals surface area (Å²) in [4.78, 5) is 10.4.